The zero-order valence-electron chi connectivity index (χ0n) is 14.7. The maximum atomic E-state index is 14.7. The molecule has 3 rings (SSSR count). The molecule has 0 amide bonds. The minimum atomic E-state index is -1.41. The summed E-state index contributed by atoms with van der Waals surface area (Å²) in [6.45, 7) is 0.270. The van der Waals surface area contributed by atoms with E-state index in [-0.39, 0.29) is 23.6 Å². The lowest BCUT2D eigenvalue weighted by molar-refractivity contribution is 0.0696. The van der Waals surface area contributed by atoms with Gasteiger partial charge in [-0.3, -0.25) is 4.79 Å². The molecule has 140 valence electrons. The second kappa shape index (κ2) is 7.94. The summed E-state index contributed by atoms with van der Waals surface area (Å²) in [5, 5.41) is 11.9. The minimum Gasteiger partial charge on any atom is -0.478 e. The molecule has 0 unspecified atom stereocenters. The number of carboxylic acid groups (broad SMARTS) is 1. The molecule has 8 heteroatoms. The Bertz CT molecular complexity index is 924. The first kappa shape index (κ1) is 19.1. The molecule has 1 aromatic heterocycles. The lowest BCUT2D eigenvalue weighted by Crippen LogP contribution is -2.29. The summed E-state index contributed by atoms with van der Waals surface area (Å²) in [7, 11) is 5.47. The first-order valence-corrected chi connectivity index (χ1v) is 8.85. The monoisotopic (exact) mass is 372 g/mol. The third-order valence-corrected chi connectivity index (χ3v) is 4.89. The van der Waals surface area contributed by atoms with E-state index in [9.17, 15) is 23.5 Å². The lowest BCUT2D eigenvalue weighted by atomic mass is 9.89. The van der Waals surface area contributed by atoms with Gasteiger partial charge in [0.25, 0.3) is 5.56 Å². The Balaban J connectivity index is 1.99. The number of nitrogens with zero attached hydrogens (tertiary/aromatic N) is 1. The number of hydrogen-bond acceptors (Lipinski definition) is 3. The first-order chi connectivity index (χ1) is 12.9. The number of aromatic carboxylic acids is 1. The Morgan fingerprint density at radius 1 is 1.26 bits per heavy atom. The summed E-state index contributed by atoms with van der Waals surface area (Å²) >= 11 is 0. The van der Waals surface area contributed by atoms with Gasteiger partial charge in [-0.25, -0.2) is 9.18 Å². The summed E-state index contributed by atoms with van der Waals surface area (Å²) in [5.41, 5.74) is -1.92. The highest BCUT2D eigenvalue weighted by Gasteiger charge is 2.23. The average Bonchev–Trinajstić information content (AvgIpc) is 2.63. The molecule has 1 heterocycles. The smallest absolute Gasteiger partial charge is 0.339 e. The van der Waals surface area contributed by atoms with Gasteiger partial charge >= 0.3 is 5.97 Å². The Morgan fingerprint density at radius 2 is 1.96 bits per heavy atom. The van der Waals surface area contributed by atoms with Crippen molar-refractivity contribution < 1.29 is 18.7 Å². The molecule has 2 N–H and O–H groups in total. The topological polar surface area (TPSA) is 71.3 Å². The van der Waals surface area contributed by atoms with Gasteiger partial charge in [0.05, 0.1) is 11.4 Å². The highest BCUT2D eigenvalue weighted by molar-refractivity contribution is 6.32. The van der Waals surface area contributed by atoms with Crippen LogP contribution in [-0.2, 0) is 6.54 Å². The fourth-order valence-electron chi connectivity index (χ4n) is 3.47. The predicted molar refractivity (Wildman–Crippen MR) is 99.3 cm³/mol. The first-order valence-electron chi connectivity index (χ1n) is 8.85. The lowest BCUT2D eigenvalue weighted by Gasteiger charge is -2.23. The Kier molecular flexibility index (Phi) is 5.63. The quantitative estimate of drug-likeness (QED) is 0.792. The molecule has 0 aliphatic heterocycles. The molecule has 0 saturated heterocycles. The van der Waals surface area contributed by atoms with E-state index < -0.39 is 34.4 Å². The van der Waals surface area contributed by atoms with Gasteiger partial charge in [-0.1, -0.05) is 30.8 Å². The molecule has 1 fully saturated rings. The Hall–Kier alpha value is -2.64. The minimum absolute atomic E-state index is 0.167. The number of halogens is 2. The summed E-state index contributed by atoms with van der Waals surface area (Å²) in [5.74, 6) is -3.23. The maximum Gasteiger partial charge on any atom is 0.339 e. The van der Waals surface area contributed by atoms with Crippen LogP contribution in [0.1, 0.15) is 42.5 Å². The van der Waals surface area contributed by atoms with Crippen LogP contribution < -0.4 is 16.3 Å². The van der Waals surface area contributed by atoms with E-state index in [0.717, 1.165) is 48.9 Å². The molecule has 0 bridgehead atoms. The largest absolute Gasteiger partial charge is 0.478 e. The molecule has 5 nitrogen and oxygen atoms in total. The van der Waals surface area contributed by atoms with E-state index in [1.807, 2.05) is 0 Å². The summed E-state index contributed by atoms with van der Waals surface area (Å²) in [6.07, 6.45) is 6.20. The van der Waals surface area contributed by atoms with Crippen molar-refractivity contribution >= 4 is 30.7 Å². The van der Waals surface area contributed by atoms with E-state index in [2.05, 4.69) is 5.32 Å². The van der Waals surface area contributed by atoms with Crippen molar-refractivity contribution in [3.05, 3.63) is 51.9 Å². The number of nitrogens with one attached hydrogen (secondary N) is 1. The van der Waals surface area contributed by atoms with E-state index in [1.54, 1.807) is 0 Å². The van der Waals surface area contributed by atoms with Gasteiger partial charge < -0.3 is 15.0 Å². The molecule has 1 aromatic carbocycles. The summed E-state index contributed by atoms with van der Waals surface area (Å²) < 4.78 is 29.8. The van der Waals surface area contributed by atoms with Crippen LogP contribution in [0.2, 0.25) is 0 Å². The highest BCUT2D eigenvalue weighted by atomic mass is 19.1. The fraction of sp³-hybridized carbons (Fsp3) is 0.368. The third-order valence-electron chi connectivity index (χ3n) is 4.89. The fourth-order valence-corrected chi connectivity index (χ4v) is 3.47. The molecule has 2 aromatic rings. The third kappa shape index (κ3) is 4.20. The number of anilines is 2. The zero-order valence-corrected chi connectivity index (χ0v) is 14.7. The molecule has 2 radical (unpaired) electrons. The van der Waals surface area contributed by atoms with Crippen molar-refractivity contribution in [2.24, 2.45) is 5.92 Å². The van der Waals surface area contributed by atoms with Crippen LogP contribution in [0.4, 0.5) is 20.2 Å². The molecule has 0 spiro atoms. The number of carbonyl (C=O) groups is 1. The van der Waals surface area contributed by atoms with Crippen molar-refractivity contribution in [1.29, 1.82) is 0 Å². The van der Waals surface area contributed by atoms with E-state index in [1.165, 1.54) is 12.1 Å². The van der Waals surface area contributed by atoms with Crippen molar-refractivity contribution in [2.45, 2.75) is 38.6 Å². The number of hydrogen-bond donors (Lipinski definition) is 2. The van der Waals surface area contributed by atoms with Crippen LogP contribution >= 0.6 is 0 Å². The Morgan fingerprint density at radius 3 is 2.59 bits per heavy atom. The van der Waals surface area contributed by atoms with Crippen molar-refractivity contribution in [1.82, 2.24) is 4.57 Å². The van der Waals surface area contributed by atoms with Crippen LogP contribution in [0.25, 0.3) is 0 Å². The number of aromatic nitrogens is 1. The number of benzene rings is 1. The summed E-state index contributed by atoms with van der Waals surface area (Å²) in [4.78, 5) is 24.0. The van der Waals surface area contributed by atoms with Crippen LogP contribution in [-0.4, -0.2) is 23.5 Å². The molecule has 0 atom stereocenters. The van der Waals surface area contributed by atoms with Gasteiger partial charge in [0.2, 0.25) is 5.82 Å². The number of rotatable bonds is 5. The second-order valence-corrected chi connectivity index (χ2v) is 6.86. The van der Waals surface area contributed by atoms with Crippen LogP contribution in [0, 0.1) is 17.6 Å². The van der Waals surface area contributed by atoms with E-state index in [0.29, 0.717) is 0 Å². The van der Waals surface area contributed by atoms with Crippen molar-refractivity contribution in [3.63, 3.8) is 0 Å². The van der Waals surface area contributed by atoms with Gasteiger partial charge in [0.1, 0.15) is 19.2 Å². The Labute approximate surface area is 156 Å². The van der Waals surface area contributed by atoms with Crippen LogP contribution in [0.15, 0.2) is 29.2 Å². The zero-order chi connectivity index (χ0) is 19.6. The average molecular weight is 372 g/mol. The normalized spacial score (nSPS) is 14.9. The predicted octanol–water partition coefficient (Wildman–Crippen LogP) is 2.94. The second-order valence-electron chi connectivity index (χ2n) is 6.86. The van der Waals surface area contributed by atoms with Gasteiger partial charge in [-0.15, -0.1) is 0 Å². The van der Waals surface area contributed by atoms with Crippen LogP contribution in [0.3, 0.4) is 0 Å². The van der Waals surface area contributed by atoms with Crippen LogP contribution in [0.5, 0.6) is 0 Å². The van der Waals surface area contributed by atoms with E-state index >= 15 is 0 Å². The molecule has 1 saturated carbocycles. The molecular weight excluding hydrogens is 353 g/mol. The van der Waals surface area contributed by atoms with Crippen molar-refractivity contribution in [2.75, 3.05) is 5.32 Å². The number of carboxylic acids is 1. The number of pyridine rings is 1. The van der Waals surface area contributed by atoms with Gasteiger partial charge in [0, 0.05) is 12.7 Å². The van der Waals surface area contributed by atoms with Gasteiger partial charge in [-0.2, -0.15) is 4.39 Å². The van der Waals surface area contributed by atoms with Gasteiger partial charge in [0.15, 0.2) is 0 Å². The standard InChI is InChI=1S/C19H19BF2N2O3/c20-12-6-7-15(14(21)8-12)23-17-13(19(26)27)10-24(18(25)16(17)22)9-11-4-2-1-3-5-11/h6-8,10-11,23H,1-5,9H2,(H,26,27). The maximum absolute atomic E-state index is 14.7. The highest BCUT2D eigenvalue weighted by Crippen LogP contribution is 2.27. The SMILES string of the molecule is [B]c1ccc(Nc2c(C(=O)O)cn(CC3CCCCC3)c(=O)c2F)c(F)c1. The molecule has 1 aliphatic rings. The van der Waals surface area contributed by atoms with Crippen molar-refractivity contribution in [3.8, 4) is 0 Å². The van der Waals surface area contributed by atoms with Gasteiger partial charge in [-0.05, 0) is 30.9 Å². The van der Waals surface area contributed by atoms with E-state index in [4.69, 9.17) is 7.85 Å². The summed E-state index contributed by atoms with van der Waals surface area (Å²) in [6, 6.07) is 3.66. The molecular formula is C19H19BF2N2O3. The molecule has 1 aliphatic carbocycles. The molecule has 27 heavy (non-hydrogen) atoms.